The van der Waals surface area contributed by atoms with Crippen molar-refractivity contribution in [1.29, 1.82) is 0 Å². The molecule has 0 saturated heterocycles. The molecule has 0 radical (unpaired) electrons. The topological polar surface area (TPSA) is 106 Å². The minimum Gasteiger partial charge on any atom is -0.356 e. The zero-order chi connectivity index (χ0) is 15.9. The fraction of sp³-hybridized carbons (Fsp3) is 0.429. The highest BCUT2D eigenvalue weighted by Gasteiger charge is 2.07. The number of ketones is 1. The van der Waals surface area contributed by atoms with Crippen molar-refractivity contribution in [1.82, 2.24) is 5.32 Å². The molecule has 0 bridgehead atoms. The Morgan fingerprint density at radius 3 is 2.29 bits per heavy atom. The van der Waals surface area contributed by atoms with Gasteiger partial charge in [0.1, 0.15) is 5.78 Å². The van der Waals surface area contributed by atoms with Crippen LogP contribution in [0.1, 0.15) is 31.7 Å². The van der Waals surface area contributed by atoms with Gasteiger partial charge in [-0.1, -0.05) is 12.1 Å². The van der Waals surface area contributed by atoms with Crippen LogP contribution in [0, 0.1) is 0 Å². The number of hydrogen-bond acceptors (Lipinski definition) is 4. The average Bonchev–Trinajstić information content (AvgIpc) is 2.38. The number of amides is 1. The molecule has 6 nitrogen and oxygen atoms in total. The first kappa shape index (κ1) is 17.3. The highest BCUT2D eigenvalue weighted by molar-refractivity contribution is 7.89. The number of nitrogens with one attached hydrogen (secondary N) is 1. The summed E-state index contributed by atoms with van der Waals surface area (Å²) in [6, 6.07) is 6.22. The average molecular weight is 312 g/mol. The van der Waals surface area contributed by atoms with E-state index in [0.29, 0.717) is 32.2 Å². The Morgan fingerprint density at radius 2 is 1.76 bits per heavy atom. The maximum atomic E-state index is 11.5. The first-order chi connectivity index (χ1) is 9.79. The molecule has 0 saturated carbocycles. The molecule has 0 spiro atoms. The predicted molar refractivity (Wildman–Crippen MR) is 79.1 cm³/mol. The van der Waals surface area contributed by atoms with Gasteiger partial charge in [0.05, 0.1) is 4.90 Å². The summed E-state index contributed by atoms with van der Waals surface area (Å²) >= 11 is 0. The van der Waals surface area contributed by atoms with E-state index in [1.165, 1.54) is 19.1 Å². The molecular formula is C14H20N2O4S. The van der Waals surface area contributed by atoms with Crippen molar-refractivity contribution in [2.24, 2.45) is 5.14 Å². The normalized spacial score (nSPS) is 11.1. The molecule has 0 unspecified atom stereocenters. The van der Waals surface area contributed by atoms with Crippen LogP contribution in [0.2, 0.25) is 0 Å². The third-order valence-electron chi connectivity index (χ3n) is 2.92. The lowest BCUT2D eigenvalue weighted by Crippen LogP contribution is -2.25. The summed E-state index contributed by atoms with van der Waals surface area (Å²) in [6.45, 7) is 1.97. The standard InChI is InChI=1S/C14H20N2O4S/c1-11(17)3-2-4-14(18)16-10-9-12-5-7-13(8-6-12)21(15,19)20/h5-8H,2-4,9-10H2,1H3,(H,16,18)(H2,15,19,20). The van der Waals surface area contributed by atoms with Crippen LogP contribution in [0.4, 0.5) is 0 Å². The number of benzene rings is 1. The molecule has 0 aliphatic rings. The van der Waals surface area contributed by atoms with Crippen molar-refractivity contribution in [3.63, 3.8) is 0 Å². The van der Waals surface area contributed by atoms with E-state index >= 15 is 0 Å². The molecule has 0 atom stereocenters. The molecule has 0 aromatic heterocycles. The van der Waals surface area contributed by atoms with Crippen LogP contribution in [-0.4, -0.2) is 26.7 Å². The maximum Gasteiger partial charge on any atom is 0.238 e. The number of Topliss-reactive ketones (excluding diaryl/α,β-unsaturated/α-hetero) is 1. The van der Waals surface area contributed by atoms with Crippen LogP contribution < -0.4 is 10.5 Å². The fourth-order valence-electron chi connectivity index (χ4n) is 1.78. The van der Waals surface area contributed by atoms with Gasteiger partial charge in [-0.3, -0.25) is 4.79 Å². The van der Waals surface area contributed by atoms with Crippen LogP contribution in [0.3, 0.4) is 0 Å². The monoisotopic (exact) mass is 312 g/mol. The van der Waals surface area contributed by atoms with Crippen LogP contribution in [0.5, 0.6) is 0 Å². The lowest BCUT2D eigenvalue weighted by atomic mass is 10.1. The maximum absolute atomic E-state index is 11.5. The Labute approximate surface area is 124 Å². The quantitative estimate of drug-likeness (QED) is 0.738. The molecule has 1 rings (SSSR count). The van der Waals surface area contributed by atoms with Gasteiger partial charge in [-0.2, -0.15) is 0 Å². The molecule has 1 aromatic carbocycles. The number of sulfonamides is 1. The fourth-order valence-corrected chi connectivity index (χ4v) is 2.29. The lowest BCUT2D eigenvalue weighted by Gasteiger charge is -2.06. The zero-order valence-corrected chi connectivity index (χ0v) is 12.8. The van der Waals surface area contributed by atoms with E-state index in [9.17, 15) is 18.0 Å². The van der Waals surface area contributed by atoms with E-state index < -0.39 is 10.0 Å². The van der Waals surface area contributed by atoms with Crippen LogP contribution >= 0.6 is 0 Å². The number of carbonyl (C=O) groups excluding carboxylic acids is 2. The molecule has 1 aromatic rings. The molecule has 1 amide bonds. The molecule has 0 aliphatic heterocycles. The second-order valence-electron chi connectivity index (χ2n) is 4.84. The van der Waals surface area contributed by atoms with Gasteiger partial charge < -0.3 is 10.1 Å². The summed E-state index contributed by atoms with van der Waals surface area (Å²) in [5.41, 5.74) is 0.909. The Bertz CT molecular complexity index is 594. The van der Waals surface area contributed by atoms with Crippen molar-refractivity contribution >= 4 is 21.7 Å². The molecule has 3 N–H and O–H groups in total. The van der Waals surface area contributed by atoms with Gasteiger partial charge >= 0.3 is 0 Å². The summed E-state index contributed by atoms with van der Waals surface area (Å²) in [5, 5.41) is 7.76. The largest absolute Gasteiger partial charge is 0.356 e. The third-order valence-corrected chi connectivity index (χ3v) is 3.85. The van der Waals surface area contributed by atoms with Crippen molar-refractivity contribution in [3.8, 4) is 0 Å². The second kappa shape index (κ2) is 7.90. The molecule has 0 heterocycles. The van der Waals surface area contributed by atoms with E-state index in [0.717, 1.165) is 5.56 Å². The van der Waals surface area contributed by atoms with Crippen LogP contribution in [0.15, 0.2) is 29.2 Å². The Morgan fingerprint density at radius 1 is 1.14 bits per heavy atom. The molecular weight excluding hydrogens is 292 g/mol. The van der Waals surface area contributed by atoms with Gasteiger partial charge in [-0.15, -0.1) is 0 Å². The van der Waals surface area contributed by atoms with E-state index in [1.807, 2.05) is 0 Å². The van der Waals surface area contributed by atoms with Crippen LogP contribution in [0.25, 0.3) is 0 Å². The Hall–Kier alpha value is -1.73. The van der Waals surface area contributed by atoms with Gasteiger partial charge in [0, 0.05) is 19.4 Å². The second-order valence-corrected chi connectivity index (χ2v) is 6.41. The van der Waals surface area contributed by atoms with Gasteiger partial charge in [0.25, 0.3) is 0 Å². The predicted octanol–water partition coefficient (Wildman–Crippen LogP) is 0.752. The lowest BCUT2D eigenvalue weighted by molar-refractivity contribution is -0.121. The van der Waals surface area contributed by atoms with Gasteiger partial charge in [0.2, 0.25) is 15.9 Å². The van der Waals surface area contributed by atoms with E-state index in [1.54, 1.807) is 12.1 Å². The van der Waals surface area contributed by atoms with E-state index in [-0.39, 0.29) is 16.6 Å². The number of rotatable bonds is 8. The first-order valence-electron chi connectivity index (χ1n) is 6.67. The number of carbonyl (C=O) groups is 2. The number of nitrogens with two attached hydrogens (primary N) is 1. The zero-order valence-electron chi connectivity index (χ0n) is 12.0. The first-order valence-corrected chi connectivity index (χ1v) is 8.21. The van der Waals surface area contributed by atoms with E-state index in [2.05, 4.69) is 5.32 Å². The molecule has 21 heavy (non-hydrogen) atoms. The third kappa shape index (κ3) is 7.01. The van der Waals surface area contributed by atoms with Gasteiger partial charge in [-0.05, 0) is 37.5 Å². The van der Waals surface area contributed by atoms with Crippen molar-refractivity contribution in [2.75, 3.05) is 6.54 Å². The van der Waals surface area contributed by atoms with Gasteiger partial charge in [-0.25, -0.2) is 13.6 Å². The highest BCUT2D eigenvalue weighted by Crippen LogP contribution is 2.08. The number of hydrogen-bond donors (Lipinski definition) is 2. The SMILES string of the molecule is CC(=O)CCCC(=O)NCCc1ccc(S(N)(=O)=O)cc1. The van der Waals surface area contributed by atoms with Crippen molar-refractivity contribution in [2.45, 2.75) is 37.5 Å². The minimum absolute atomic E-state index is 0.0690. The smallest absolute Gasteiger partial charge is 0.238 e. The molecule has 0 aliphatic carbocycles. The van der Waals surface area contributed by atoms with Gasteiger partial charge in [0.15, 0.2) is 0 Å². The molecule has 0 fully saturated rings. The molecule has 7 heteroatoms. The summed E-state index contributed by atoms with van der Waals surface area (Å²) in [4.78, 5) is 22.3. The Kier molecular flexibility index (Phi) is 6.51. The highest BCUT2D eigenvalue weighted by atomic mass is 32.2. The van der Waals surface area contributed by atoms with Crippen LogP contribution in [-0.2, 0) is 26.0 Å². The number of primary sulfonamides is 1. The minimum atomic E-state index is -3.67. The van der Waals surface area contributed by atoms with Crippen molar-refractivity contribution in [3.05, 3.63) is 29.8 Å². The Balaban J connectivity index is 2.32. The molecule has 116 valence electrons. The summed E-state index contributed by atoms with van der Waals surface area (Å²) in [5.74, 6) is -0.00449. The van der Waals surface area contributed by atoms with Crippen molar-refractivity contribution < 1.29 is 18.0 Å². The summed E-state index contributed by atoms with van der Waals surface area (Å²) < 4.78 is 22.2. The summed E-state index contributed by atoms with van der Waals surface area (Å²) in [7, 11) is -3.67. The summed E-state index contributed by atoms with van der Waals surface area (Å²) in [6.07, 6.45) is 1.92. The van der Waals surface area contributed by atoms with E-state index in [4.69, 9.17) is 5.14 Å².